The van der Waals surface area contributed by atoms with E-state index in [1.165, 1.54) is 76.1 Å². The highest BCUT2D eigenvalue weighted by Crippen LogP contribution is 2.63. The Morgan fingerprint density at radius 3 is 1.90 bits per heavy atom. The van der Waals surface area contributed by atoms with E-state index >= 15 is 0 Å². The van der Waals surface area contributed by atoms with Crippen molar-refractivity contribution in [3.05, 3.63) is 180 Å². The molecular weight excluding hydrogens is 615 g/mol. The van der Waals surface area contributed by atoms with Gasteiger partial charge in [0.15, 0.2) is 0 Å². The Morgan fingerprint density at radius 1 is 0.551 bits per heavy atom. The molecule has 0 saturated heterocycles. The predicted octanol–water partition coefficient (Wildman–Crippen LogP) is 11.3. The fraction of sp³-hybridized carbons (Fsp3) is 0.0222. The molecule has 2 aliphatic carbocycles. The van der Waals surface area contributed by atoms with Gasteiger partial charge in [0, 0.05) is 16.3 Å². The van der Waals surface area contributed by atoms with Gasteiger partial charge >= 0.3 is 0 Å². The number of rotatable bonds is 2. The van der Waals surface area contributed by atoms with Gasteiger partial charge in [0.1, 0.15) is 16.0 Å². The van der Waals surface area contributed by atoms with E-state index < -0.39 is 5.41 Å². The van der Waals surface area contributed by atoms with Gasteiger partial charge in [-0.3, -0.25) is 4.40 Å². The standard InChI is InChI=1S/C45H25N3S/c46-25-27-13-20-34-35-21-18-30(24-40(35)45(39(34)23-27)37-10-4-1-7-32(37)33-8-2-5-11-38(33)45)28-14-16-29(17-15-28)31-19-22-42-47-43-36-9-3-6-12-41(36)49-44(43)48(42)26-31/h1-24,26H. The monoisotopic (exact) mass is 639 g/mol. The second-order valence-electron chi connectivity index (χ2n) is 13.1. The van der Waals surface area contributed by atoms with E-state index in [1.54, 1.807) is 11.3 Å². The van der Waals surface area contributed by atoms with E-state index in [1.807, 2.05) is 6.07 Å². The van der Waals surface area contributed by atoms with Crippen LogP contribution in [0.1, 0.15) is 27.8 Å². The maximum Gasteiger partial charge on any atom is 0.138 e. The SMILES string of the molecule is N#Cc1ccc2c(c1)C1(c3ccccc3-c3ccccc31)c1cc(-c3ccc(-c4ccc5nc6c7ccccc7sc6n5c4)cc3)ccc1-2. The summed E-state index contributed by atoms with van der Waals surface area (Å²) in [6.07, 6.45) is 2.22. The molecule has 3 nitrogen and oxygen atoms in total. The molecule has 2 aliphatic rings. The Labute approximate surface area is 286 Å². The number of imidazole rings is 1. The second kappa shape index (κ2) is 9.64. The molecule has 49 heavy (non-hydrogen) atoms. The molecule has 226 valence electrons. The molecule has 4 heteroatoms. The molecular formula is C45H25N3S. The second-order valence-corrected chi connectivity index (χ2v) is 14.1. The summed E-state index contributed by atoms with van der Waals surface area (Å²) in [5, 5.41) is 11.2. The van der Waals surface area contributed by atoms with Crippen LogP contribution in [0.25, 0.3) is 70.6 Å². The molecule has 9 aromatic rings. The molecule has 0 aliphatic heterocycles. The molecule has 0 unspecified atom stereocenters. The van der Waals surface area contributed by atoms with Crippen LogP contribution >= 0.6 is 11.3 Å². The van der Waals surface area contributed by atoms with Crippen molar-refractivity contribution in [2.75, 3.05) is 0 Å². The molecule has 3 aromatic heterocycles. The Balaban J connectivity index is 1.05. The number of benzene rings is 6. The van der Waals surface area contributed by atoms with E-state index in [0.717, 1.165) is 16.7 Å². The molecule has 0 fully saturated rings. The zero-order chi connectivity index (χ0) is 32.3. The smallest absolute Gasteiger partial charge is 0.138 e. The van der Waals surface area contributed by atoms with E-state index in [0.29, 0.717) is 5.56 Å². The fourth-order valence-corrected chi connectivity index (χ4v) is 9.69. The molecule has 0 atom stereocenters. The number of nitriles is 1. The van der Waals surface area contributed by atoms with Crippen molar-refractivity contribution in [3.63, 3.8) is 0 Å². The average Bonchev–Trinajstić information content (AvgIpc) is 3.88. The van der Waals surface area contributed by atoms with Gasteiger partial charge in [-0.2, -0.15) is 5.26 Å². The highest BCUT2D eigenvalue weighted by atomic mass is 32.1. The minimum absolute atomic E-state index is 0.487. The van der Waals surface area contributed by atoms with Gasteiger partial charge < -0.3 is 0 Å². The summed E-state index contributed by atoms with van der Waals surface area (Å²) >= 11 is 1.79. The number of hydrogen-bond donors (Lipinski definition) is 0. The van der Waals surface area contributed by atoms with Gasteiger partial charge in [-0.05, 0) is 103 Å². The number of aromatic nitrogens is 2. The largest absolute Gasteiger partial charge is 0.290 e. The summed E-state index contributed by atoms with van der Waals surface area (Å²) in [6.45, 7) is 0. The van der Waals surface area contributed by atoms with Crippen molar-refractivity contribution in [1.29, 1.82) is 5.26 Å². The molecule has 3 heterocycles. The highest BCUT2D eigenvalue weighted by molar-refractivity contribution is 7.25. The zero-order valence-corrected chi connectivity index (χ0v) is 27.0. The van der Waals surface area contributed by atoms with Crippen LogP contribution < -0.4 is 0 Å². The lowest BCUT2D eigenvalue weighted by atomic mass is 9.70. The lowest BCUT2D eigenvalue weighted by molar-refractivity contribution is 0.793. The molecule has 11 rings (SSSR count). The Morgan fingerprint density at radius 2 is 1.14 bits per heavy atom. The minimum Gasteiger partial charge on any atom is -0.290 e. The van der Waals surface area contributed by atoms with Crippen LogP contribution in [0.2, 0.25) is 0 Å². The third-order valence-electron chi connectivity index (χ3n) is 10.7. The molecule has 1 spiro atoms. The summed E-state index contributed by atoms with van der Waals surface area (Å²) in [5.41, 5.74) is 16.9. The molecule has 0 bridgehead atoms. The first kappa shape index (κ1) is 26.8. The van der Waals surface area contributed by atoms with Gasteiger partial charge in [0.05, 0.1) is 17.0 Å². The number of pyridine rings is 1. The molecule has 6 aromatic carbocycles. The van der Waals surface area contributed by atoms with Crippen molar-refractivity contribution in [2.45, 2.75) is 5.41 Å². The van der Waals surface area contributed by atoms with Gasteiger partial charge in [-0.15, -0.1) is 11.3 Å². The lowest BCUT2D eigenvalue weighted by Gasteiger charge is -2.30. The van der Waals surface area contributed by atoms with Crippen LogP contribution in [0.4, 0.5) is 0 Å². The van der Waals surface area contributed by atoms with Gasteiger partial charge in [-0.1, -0.05) is 109 Å². The molecule has 0 saturated carbocycles. The Bertz CT molecular complexity index is 2850. The summed E-state index contributed by atoms with van der Waals surface area (Å²) < 4.78 is 3.49. The summed E-state index contributed by atoms with van der Waals surface area (Å²) in [4.78, 5) is 6.14. The molecule has 0 radical (unpaired) electrons. The summed E-state index contributed by atoms with van der Waals surface area (Å²) in [7, 11) is 0. The van der Waals surface area contributed by atoms with Crippen LogP contribution in [-0.4, -0.2) is 9.38 Å². The van der Waals surface area contributed by atoms with Crippen molar-refractivity contribution in [2.24, 2.45) is 0 Å². The molecule has 0 N–H and O–H groups in total. The molecule has 0 amide bonds. The van der Waals surface area contributed by atoms with Gasteiger partial charge in [-0.25, -0.2) is 4.98 Å². The zero-order valence-electron chi connectivity index (χ0n) is 26.2. The quantitative estimate of drug-likeness (QED) is 0.189. The van der Waals surface area contributed by atoms with Crippen LogP contribution in [0, 0.1) is 11.3 Å². The van der Waals surface area contributed by atoms with E-state index in [9.17, 15) is 5.26 Å². The van der Waals surface area contributed by atoms with Crippen molar-refractivity contribution in [1.82, 2.24) is 9.38 Å². The minimum atomic E-state index is -0.487. The third-order valence-corrected chi connectivity index (χ3v) is 11.9. The van der Waals surface area contributed by atoms with Crippen LogP contribution in [0.3, 0.4) is 0 Å². The van der Waals surface area contributed by atoms with Crippen molar-refractivity contribution < 1.29 is 0 Å². The number of hydrogen-bond acceptors (Lipinski definition) is 3. The van der Waals surface area contributed by atoms with Crippen molar-refractivity contribution in [3.8, 4) is 50.6 Å². The number of thiophene rings is 1. The Kier molecular flexibility index (Phi) is 5.26. The summed E-state index contributed by atoms with van der Waals surface area (Å²) in [5.74, 6) is 0. The maximum atomic E-state index is 9.97. The number of fused-ring (bicyclic) bond motifs is 15. The summed E-state index contributed by atoms with van der Waals surface area (Å²) in [6, 6.07) is 54.9. The maximum absolute atomic E-state index is 9.97. The van der Waals surface area contributed by atoms with Gasteiger partial charge in [0.2, 0.25) is 0 Å². The van der Waals surface area contributed by atoms with E-state index in [2.05, 4.69) is 156 Å². The fourth-order valence-electron chi connectivity index (χ4n) is 8.57. The lowest BCUT2D eigenvalue weighted by Crippen LogP contribution is -2.26. The van der Waals surface area contributed by atoms with Crippen molar-refractivity contribution >= 4 is 37.4 Å². The highest BCUT2D eigenvalue weighted by Gasteiger charge is 2.51. The topological polar surface area (TPSA) is 41.1 Å². The van der Waals surface area contributed by atoms with Gasteiger partial charge in [0.25, 0.3) is 0 Å². The van der Waals surface area contributed by atoms with E-state index in [4.69, 9.17) is 4.98 Å². The first-order valence-electron chi connectivity index (χ1n) is 16.5. The van der Waals surface area contributed by atoms with E-state index in [-0.39, 0.29) is 0 Å². The van der Waals surface area contributed by atoms with Crippen LogP contribution in [0.15, 0.2) is 152 Å². The first-order chi connectivity index (χ1) is 24.2. The normalized spacial score (nSPS) is 13.4. The first-order valence-corrected chi connectivity index (χ1v) is 17.3. The van der Waals surface area contributed by atoms with Crippen LogP contribution in [-0.2, 0) is 5.41 Å². The number of nitrogens with zero attached hydrogens (tertiary/aromatic N) is 3. The average molecular weight is 640 g/mol. The third kappa shape index (κ3) is 3.47. The predicted molar refractivity (Wildman–Crippen MR) is 200 cm³/mol. The Hall–Kier alpha value is -6.28. The van der Waals surface area contributed by atoms with Crippen LogP contribution in [0.5, 0.6) is 0 Å².